The lowest BCUT2D eigenvalue weighted by Gasteiger charge is -2.19. The van der Waals surface area contributed by atoms with Crippen LogP contribution in [-0.2, 0) is 0 Å². The molecule has 0 aliphatic carbocycles. The fraction of sp³-hybridized carbons (Fsp3) is 0.143. The number of halogens is 1. The van der Waals surface area contributed by atoms with Crippen molar-refractivity contribution in [1.29, 1.82) is 0 Å². The van der Waals surface area contributed by atoms with Crippen molar-refractivity contribution in [2.45, 2.75) is 0 Å². The second kappa shape index (κ2) is 4.87. The number of hydrogen-bond acceptors (Lipinski definition) is 2. The number of para-hydroxylation sites is 1. The second-order valence-corrected chi connectivity index (χ2v) is 3.71. The molecular formula is C14H14FNO. The molecule has 0 aromatic heterocycles. The van der Waals surface area contributed by atoms with Crippen LogP contribution in [0.4, 0.5) is 15.8 Å². The first-order valence-electron chi connectivity index (χ1n) is 5.34. The maximum absolute atomic E-state index is 13.6. The zero-order chi connectivity index (χ0) is 12.3. The normalized spacial score (nSPS) is 10.1. The Balaban J connectivity index is 2.32. The highest BCUT2D eigenvalue weighted by molar-refractivity contribution is 5.63. The molecule has 2 aromatic carbocycles. The van der Waals surface area contributed by atoms with Crippen LogP contribution in [0.2, 0.25) is 0 Å². The van der Waals surface area contributed by atoms with Crippen LogP contribution in [-0.4, -0.2) is 14.2 Å². The molecule has 0 N–H and O–H groups in total. The van der Waals surface area contributed by atoms with Gasteiger partial charge in [0, 0.05) is 24.5 Å². The van der Waals surface area contributed by atoms with Gasteiger partial charge in [0.05, 0.1) is 7.11 Å². The van der Waals surface area contributed by atoms with E-state index in [1.54, 1.807) is 6.07 Å². The molecule has 0 radical (unpaired) electrons. The van der Waals surface area contributed by atoms with Crippen LogP contribution in [0, 0.1) is 5.82 Å². The van der Waals surface area contributed by atoms with E-state index in [-0.39, 0.29) is 11.6 Å². The molecule has 2 rings (SSSR count). The standard InChI is InChI=1S/C14H14FNO/c1-16(11-6-4-3-5-7-11)12-8-9-14(17-2)13(15)10-12/h3-10H,1-2H3. The van der Waals surface area contributed by atoms with Crippen LogP contribution in [0.3, 0.4) is 0 Å². The van der Waals surface area contributed by atoms with Crippen molar-refractivity contribution < 1.29 is 9.13 Å². The van der Waals surface area contributed by atoms with Crippen molar-refractivity contribution in [3.8, 4) is 5.75 Å². The van der Waals surface area contributed by atoms with Gasteiger partial charge in [-0.1, -0.05) is 18.2 Å². The Labute approximate surface area is 100 Å². The maximum Gasteiger partial charge on any atom is 0.167 e. The molecule has 0 fully saturated rings. The smallest absolute Gasteiger partial charge is 0.167 e. The third-order valence-corrected chi connectivity index (χ3v) is 2.67. The Morgan fingerprint density at radius 2 is 1.71 bits per heavy atom. The average molecular weight is 231 g/mol. The maximum atomic E-state index is 13.6. The first-order valence-corrected chi connectivity index (χ1v) is 5.34. The summed E-state index contributed by atoms with van der Waals surface area (Å²) in [6.45, 7) is 0. The molecule has 17 heavy (non-hydrogen) atoms. The van der Waals surface area contributed by atoms with Crippen LogP contribution < -0.4 is 9.64 Å². The van der Waals surface area contributed by atoms with Crippen LogP contribution in [0.15, 0.2) is 48.5 Å². The molecular weight excluding hydrogens is 217 g/mol. The minimum absolute atomic E-state index is 0.259. The van der Waals surface area contributed by atoms with Crippen molar-refractivity contribution in [3.63, 3.8) is 0 Å². The fourth-order valence-corrected chi connectivity index (χ4v) is 1.66. The summed E-state index contributed by atoms with van der Waals surface area (Å²) in [4.78, 5) is 1.92. The van der Waals surface area contributed by atoms with Crippen LogP contribution in [0.1, 0.15) is 0 Å². The van der Waals surface area contributed by atoms with Crippen LogP contribution in [0.25, 0.3) is 0 Å². The molecule has 0 unspecified atom stereocenters. The van der Waals surface area contributed by atoms with E-state index in [0.717, 1.165) is 11.4 Å². The van der Waals surface area contributed by atoms with Gasteiger partial charge >= 0.3 is 0 Å². The molecule has 0 aliphatic rings. The number of ether oxygens (including phenoxy) is 1. The van der Waals surface area contributed by atoms with Crippen LogP contribution >= 0.6 is 0 Å². The van der Waals surface area contributed by atoms with Gasteiger partial charge < -0.3 is 9.64 Å². The molecule has 0 saturated carbocycles. The van der Waals surface area contributed by atoms with Gasteiger partial charge in [0.25, 0.3) is 0 Å². The predicted octanol–water partition coefficient (Wildman–Crippen LogP) is 3.60. The number of rotatable bonds is 3. The molecule has 0 amide bonds. The average Bonchev–Trinajstić information content (AvgIpc) is 2.39. The Morgan fingerprint density at radius 3 is 2.29 bits per heavy atom. The number of anilines is 2. The van der Waals surface area contributed by atoms with Gasteiger partial charge in [-0.25, -0.2) is 4.39 Å². The summed E-state index contributed by atoms with van der Waals surface area (Å²) in [7, 11) is 3.36. The third-order valence-electron chi connectivity index (χ3n) is 2.67. The van der Waals surface area contributed by atoms with E-state index in [9.17, 15) is 4.39 Å². The molecule has 2 aromatic rings. The molecule has 88 valence electrons. The predicted molar refractivity (Wildman–Crippen MR) is 67.5 cm³/mol. The fourth-order valence-electron chi connectivity index (χ4n) is 1.66. The third kappa shape index (κ3) is 2.38. The summed E-state index contributed by atoms with van der Waals surface area (Å²) in [6.07, 6.45) is 0. The summed E-state index contributed by atoms with van der Waals surface area (Å²) < 4.78 is 18.5. The molecule has 0 aliphatic heterocycles. The minimum Gasteiger partial charge on any atom is -0.494 e. The summed E-state index contributed by atoms with van der Waals surface area (Å²) in [5, 5.41) is 0. The Kier molecular flexibility index (Phi) is 3.28. The van der Waals surface area contributed by atoms with Gasteiger partial charge in [0.1, 0.15) is 0 Å². The Bertz CT molecular complexity index is 499. The lowest BCUT2D eigenvalue weighted by molar-refractivity contribution is 0.386. The van der Waals surface area contributed by atoms with Crippen molar-refractivity contribution in [2.75, 3.05) is 19.1 Å². The molecule has 3 heteroatoms. The number of benzene rings is 2. The zero-order valence-corrected chi connectivity index (χ0v) is 9.85. The lowest BCUT2D eigenvalue weighted by atomic mass is 10.2. The summed E-state index contributed by atoms with van der Waals surface area (Å²) in [5.41, 5.74) is 1.80. The summed E-state index contributed by atoms with van der Waals surface area (Å²) in [6, 6.07) is 14.7. The van der Waals surface area contributed by atoms with Crippen molar-refractivity contribution >= 4 is 11.4 Å². The first kappa shape index (κ1) is 11.5. The monoisotopic (exact) mass is 231 g/mol. The van der Waals surface area contributed by atoms with Gasteiger partial charge in [-0.15, -0.1) is 0 Å². The van der Waals surface area contributed by atoms with E-state index in [1.807, 2.05) is 48.3 Å². The minimum atomic E-state index is -0.354. The second-order valence-electron chi connectivity index (χ2n) is 3.71. The molecule has 0 spiro atoms. The van der Waals surface area contributed by atoms with Gasteiger partial charge in [-0.2, -0.15) is 0 Å². The zero-order valence-electron chi connectivity index (χ0n) is 9.85. The number of nitrogens with zero attached hydrogens (tertiary/aromatic N) is 1. The largest absolute Gasteiger partial charge is 0.494 e. The molecule has 0 atom stereocenters. The number of hydrogen-bond donors (Lipinski definition) is 0. The highest BCUT2D eigenvalue weighted by Crippen LogP contribution is 2.27. The quantitative estimate of drug-likeness (QED) is 0.800. The molecule has 0 saturated heterocycles. The highest BCUT2D eigenvalue weighted by Gasteiger charge is 2.07. The molecule has 0 bridgehead atoms. The van der Waals surface area contributed by atoms with Gasteiger partial charge in [0.2, 0.25) is 0 Å². The van der Waals surface area contributed by atoms with Gasteiger partial charge in [-0.3, -0.25) is 0 Å². The van der Waals surface area contributed by atoms with E-state index < -0.39 is 0 Å². The Hall–Kier alpha value is -2.03. The van der Waals surface area contributed by atoms with E-state index in [2.05, 4.69) is 0 Å². The van der Waals surface area contributed by atoms with Crippen molar-refractivity contribution in [2.24, 2.45) is 0 Å². The number of methoxy groups -OCH3 is 1. The Morgan fingerprint density at radius 1 is 1.00 bits per heavy atom. The van der Waals surface area contributed by atoms with Gasteiger partial charge in [-0.05, 0) is 24.3 Å². The molecule has 0 heterocycles. The summed E-state index contributed by atoms with van der Waals surface area (Å²) >= 11 is 0. The van der Waals surface area contributed by atoms with E-state index >= 15 is 0 Å². The van der Waals surface area contributed by atoms with Crippen molar-refractivity contribution in [3.05, 3.63) is 54.3 Å². The van der Waals surface area contributed by atoms with Crippen molar-refractivity contribution in [1.82, 2.24) is 0 Å². The van der Waals surface area contributed by atoms with Crippen LogP contribution in [0.5, 0.6) is 5.75 Å². The first-order chi connectivity index (χ1) is 8.22. The van der Waals surface area contributed by atoms with E-state index in [0.29, 0.717) is 0 Å². The topological polar surface area (TPSA) is 12.5 Å². The van der Waals surface area contributed by atoms with E-state index in [4.69, 9.17) is 4.74 Å². The van der Waals surface area contributed by atoms with E-state index in [1.165, 1.54) is 13.2 Å². The molecule has 2 nitrogen and oxygen atoms in total. The lowest BCUT2D eigenvalue weighted by Crippen LogP contribution is -2.09. The summed E-state index contributed by atoms with van der Waals surface area (Å²) in [5.74, 6) is -0.0945. The highest BCUT2D eigenvalue weighted by atomic mass is 19.1. The SMILES string of the molecule is COc1ccc(N(C)c2ccccc2)cc1F. The van der Waals surface area contributed by atoms with Gasteiger partial charge in [0.15, 0.2) is 11.6 Å².